The van der Waals surface area contributed by atoms with Gasteiger partial charge in [0.15, 0.2) is 0 Å². The van der Waals surface area contributed by atoms with Crippen molar-refractivity contribution in [2.45, 2.75) is 32.2 Å². The summed E-state index contributed by atoms with van der Waals surface area (Å²) in [5.74, 6) is 0. The molecule has 0 saturated carbocycles. The normalized spacial score (nSPS) is 12.5. The lowest BCUT2D eigenvalue weighted by molar-refractivity contribution is 0.0693. The molecule has 0 radical (unpaired) electrons. The summed E-state index contributed by atoms with van der Waals surface area (Å²) in [5.41, 5.74) is 1.42. The quantitative estimate of drug-likeness (QED) is 0.624. The van der Waals surface area contributed by atoms with E-state index in [4.69, 9.17) is 9.47 Å². The van der Waals surface area contributed by atoms with Crippen LogP contribution in [-0.2, 0) is 15.9 Å². The molecule has 0 bridgehead atoms. The van der Waals surface area contributed by atoms with Crippen molar-refractivity contribution < 1.29 is 9.47 Å². The highest BCUT2D eigenvalue weighted by Crippen LogP contribution is 2.04. The minimum atomic E-state index is 0.555. The van der Waals surface area contributed by atoms with Crippen LogP contribution in [0.15, 0.2) is 30.3 Å². The van der Waals surface area contributed by atoms with Crippen LogP contribution in [0.3, 0.4) is 0 Å². The van der Waals surface area contributed by atoms with Gasteiger partial charge in [0, 0.05) is 19.8 Å². The molecule has 0 aliphatic heterocycles. The molecular formula is C16H27NO2. The second kappa shape index (κ2) is 11.0. The highest BCUT2D eigenvalue weighted by molar-refractivity contribution is 5.14. The maximum Gasteiger partial charge on any atom is 0.0700 e. The Morgan fingerprint density at radius 2 is 1.89 bits per heavy atom. The molecule has 108 valence electrons. The Balaban J connectivity index is 1.95. The first-order valence-corrected chi connectivity index (χ1v) is 7.17. The van der Waals surface area contributed by atoms with E-state index < -0.39 is 0 Å². The number of methoxy groups -OCH3 is 1. The first-order chi connectivity index (χ1) is 9.33. The topological polar surface area (TPSA) is 30.5 Å². The van der Waals surface area contributed by atoms with Gasteiger partial charge in [0.1, 0.15) is 0 Å². The van der Waals surface area contributed by atoms with Gasteiger partial charge in [0.05, 0.1) is 13.2 Å². The Labute approximate surface area is 117 Å². The fraction of sp³-hybridized carbons (Fsp3) is 0.625. The minimum absolute atomic E-state index is 0.555. The lowest BCUT2D eigenvalue weighted by atomic mass is 10.1. The van der Waals surface area contributed by atoms with E-state index in [0.717, 1.165) is 26.0 Å². The number of rotatable bonds is 11. The molecule has 0 aromatic heterocycles. The Kier molecular flexibility index (Phi) is 9.33. The Bertz CT molecular complexity index is 303. The van der Waals surface area contributed by atoms with Crippen LogP contribution >= 0.6 is 0 Å². The van der Waals surface area contributed by atoms with Crippen molar-refractivity contribution in [2.75, 3.05) is 33.5 Å². The van der Waals surface area contributed by atoms with Crippen LogP contribution in [0.25, 0.3) is 0 Å². The maximum absolute atomic E-state index is 5.42. The number of benzene rings is 1. The molecule has 3 nitrogen and oxygen atoms in total. The van der Waals surface area contributed by atoms with E-state index >= 15 is 0 Å². The molecule has 3 heteroatoms. The van der Waals surface area contributed by atoms with Gasteiger partial charge >= 0.3 is 0 Å². The summed E-state index contributed by atoms with van der Waals surface area (Å²) in [6.45, 7) is 5.44. The maximum atomic E-state index is 5.42. The molecular weight excluding hydrogens is 238 g/mol. The lowest BCUT2D eigenvalue weighted by Gasteiger charge is -2.13. The standard InChI is InChI=1S/C16H27NO2/c1-15(9-10-16-7-4-3-5-8-16)17-11-6-12-19-14-13-18-2/h3-5,7-8,15,17H,6,9-14H2,1-2H3. The molecule has 0 aliphatic rings. The zero-order chi connectivity index (χ0) is 13.8. The van der Waals surface area contributed by atoms with Crippen molar-refractivity contribution in [1.29, 1.82) is 0 Å². The summed E-state index contributed by atoms with van der Waals surface area (Å²) in [6.07, 6.45) is 3.37. The van der Waals surface area contributed by atoms with Gasteiger partial charge in [-0.1, -0.05) is 30.3 Å². The Morgan fingerprint density at radius 3 is 2.63 bits per heavy atom. The van der Waals surface area contributed by atoms with Crippen LogP contribution < -0.4 is 5.32 Å². The van der Waals surface area contributed by atoms with Gasteiger partial charge in [-0.3, -0.25) is 0 Å². The van der Waals surface area contributed by atoms with Crippen molar-refractivity contribution in [3.8, 4) is 0 Å². The number of nitrogens with one attached hydrogen (secondary N) is 1. The number of hydrogen-bond donors (Lipinski definition) is 1. The highest BCUT2D eigenvalue weighted by atomic mass is 16.5. The molecule has 0 heterocycles. The van der Waals surface area contributed by atoms with E-state index in [0.29, 0.717) is 19.3 Å². The van der Waals surface area contributed by atoms with Gasteiger partial charge in [-0.15, -0.1) is 0 Å². The van der Waals surface area contributed by atoms with Gasteiger partial charge in [-0.05, 0) is 38.3 Å². The van der Waals surface area contributed by atoms with Crippen molar-refractivity contribution in [1.82, 2.24) is 5.32 Å². The van der Waals surface area contributed by atoms with Gasteiger partial charge in [-0.2, -0.15) is 0 Å². The molecule has 0 saturated heterocycles. The molecule has 0 fully saturated rings. The molecule has 0 amide bonds. The fourth-order valence-corrected chi connectivity index (χ4v) is 1.90. The number of hydrogen-bond acceptors (Lipinski definition) is 3. The third-order valence-corrected chi connectivity index (χ3v) is 3.10. The summed E-state index contributed by atoms with van der Waals surface area (Å²) in [5, 5.41) is 3.53. The van der Waals surface area contributed by atoms with Gasteiger partial charge in [-0.25, -0.2) is 0 Å². The van der Waals surface area contributed by atoms with Crippen LogP contribution in [0, 0.1) is 0 Å². The zero-order valence-electron chi connectivity index (χ0n) is 12.2. The molecule has 1 rings (SSSR count). The lowest BCUT2D eigenvalue weighted by Crippen LogP contribution is -2.28. The first-order valence-electron chi connectivity index (χ1n) is 7.17. The van der Waals surface area contributed by atoms with Gasteiger partial charge in [0.25, 0.3) is 0 Å². The third kappa shape index (κ3) is 8.76. The van der Waals surface area contributed by atoms with Crippen LogP contribution in [0.1, 0.15) is 25.3 Å². The smallest absolute Gasteiger partial charge is 0.0700 e. The third-order valence-electron chi connectivity index (χ3n) is 3.10. The first kappa shape index (κ1) is 16.2. The molecule has 1 N–H and O–H groups in total. The second-order valence-corrected chi connectivity index (χ2v) is 4.84. The predicted molar refractivity (Wildman–Crippen MR) is 79.5 cm³/mol. The predicted octanol–water partition coefficient (Wildman–Crippen LogP) is 2.65. The minimum Gasteiger partial charge on any atom is -0.382 e. The molecule has 1 atom stereocenters. The molecule has 1 unspecified atom stereocenters. The largest absolute Gasteiger partial charge is 0.382 e. The summed E-state index contributed by atoms with van der Waals surface area (Å²) in [4.78, 5) is 0. The average Bonchev–Trinajstić information content (AvgIpc) is 2.45. The molecule has 19 heavy (non-hydrogen) atoms. The van der Waals surface area contributed by atoms with Crippen LogP contribution in [0.2, 0.25) is 0 Å². The van der Waals surface area contributed by atoms with E-state index in [1.54, 1.807) is 7.11 Å². The molecule has 1 aromatic rings. The van der Waals surface area contributed by atoms with Crippen molar-refractivity contribution in [3.63, 3.8) is 0 Å². The van der Waals surface area contributed by atoms with Crippen molar-refractivity contribution >= 4 is 0 Å². The van der Waals surface area contributed by atoms with E-state index in [2.05, 4.69) is 42.6 Å². The second-order valence-electron chi connectivity index (χ2n) is 4.84. The van der Waals surface area contributed by atoms with Crippen molar-refractivity contribution in [2.24, 2.45) is 0 Å². The van der Waals surface area contributed by atoms with Gasteiger partial charge < -0.3 is 14.8 Å². The SMILES string of the molecule is COCCOCCCNC(C)CCc1ccccc1. The zero-order valence-corrected chi connectivity index (χ0v) is 12.2. The van der Waals surface area contributed by atoms with E-state index in [9.17, 15) is 0 Å². The highest BCUT2D eigenvalue weighted by Gasteiger charge is 2.01. The molecule has 1 aromatic carbocycles. The summed E-state index contributed by atoms with van der Waals surface area (Å²) in [7, 11) is 1.69. The summed E-state index contributed by atoms with van der Waals surface area (Å²) < 4.78 is 10.3. The fourth-order valence-electron chi connectivity index (χ4n) is 1.90. The molecule has 0 spiro atoms. The molecule has 0 aliphatic carbocycles. The monoisotopic (exact) mass is 265 g/mol. The van der Waals surface area contributed by atoms with Crippen molar-refractivity contribution in [3.05, 3.63) is 35.9 Å². The van der Waals surface area contributed by atoms with E-state index in [-0.39, 0.29) is 0 Å². The average molecular weight is 265 g/mol. The van der Waals surface area contributed by atoms with Crippen LogP contribution in [0.5, 0.6) is 0 Å². The summed E-state index contributed by atoms with van der Waals surface area (Å²) in [6, 6.07) is 11.2. The van der Waals surface area contributed by atoms with Gasteiger partial charge in [0.2, 0.25) is 0 Å². The Hall–Kier alpha value is -0.900. The van der Waals surface area contributed by atoms with E-state index in [1.165, 1.54) is 12.0 Å². The van der Waals surface area contributed by atoms with Crippen LogP contribution in [0.4, 0.5) is 0 Å². The van der Waals surface area contributed by atoms with E-state index in [1.807, 2.05) is 0 Å². The number of aryl methyl sites for hydroxylation is 1. The number of ether oxygens (including phenoxy) is 2. The van der Waals surface area contributed by atoms with Crippen LogP contribution in [-0.4, -0.2) is 39.5 Å². The summed E-state index contributed by atoms with van der Waals surface area (Å²) >= 11 is 0. The Morgan fingerprint density at radius 1 is 1.11 bits per heavy atom.